The minimum absolute atomic E-state index is 0.227. The first-order valence-corrected chi connectivity index (χ1v) is 7.10. The highest BCUT2D eigenvalue weighted by Crippen LogP contribution is 2.22. The number of hydrogen-bond acceptors (Lipinski definition) is 3. The van der Waals surface area contributed by atoms with Crippen LogP contribution in [0.15, 0.2) is 59.1 Å². The summed E-state index contributed by atoms with van der Waals surface area (Å²) < 4.78 is 5.21. The SMILES string of the molecule is Cc1ccc(NC(=O)c2cc(-c3ccc(Cl)cc3)on2)cc1. The van der Waals surface area contributed by atoms with Crippen molar-refractivity contribution >= 4 is 23.2 Å². The first kappa shape index (κ1) is 14.4. The van der Waals surface area contributed by atoms with Crippen LogP contribution in [0.25, 0.3) is 11.3 Å². The van der Waals surface area contributed by atoms with Crippen molar-refractivity contribution in [2.45, 2.75) is 6.92 Å². The molecule has 4 nitrogen and oxygen atoms in total. The Kier molecular flexibility index (Phi) is 3.94. The number of carbonyl (C=O) groups excluding carboxylic acids is 1. The monoisotopic (exact) mass is 312 g/mol. The highest BCUT2D eigenvalue weighted by Gasteiger charge is 2.13. The van der Waals surface area contributed by atoms with Crippen LogP contribution in [0.3, 0.4) is 0 Å². The molecule has 1 N–H and O–H groups in total. The average Bonchev–Trinajstić information content (AvgIpc) is 3.00. The molecule has 2 aromatic carbocycles. The quantitative estimate of drug-likeness (QED) is 0.771. The number of aromatic nitrogens is 1. The second kappa shape index (κ2) is 6.03. The van der Waals surface area contributed by atoms with Gasteiger partial charge in [-0.1, -0.05) is 34.5 Å². The van der Waals surface area contributed by atoms with Gasteiger partial charge in [-0.15, -0.1) is 0 Å². The standard InChI is InChI=1S/C17H13ClN2O2/c1-11-2-8-14(9-3-11)19-17(21)15-10-16(22-20-15)12-4-6-13(18)7-5-12/h2-10H,1H3,(H,19,21). The van der Waals surface area contributed by atoms with Crippen LogP contribution in [0.4, 0.5) is 5.69 Å². The van der Waals surface area contributed by atoms with Crippen molar-refractivity contribution in [3.05, 3.63) is 70.9 Å². The zero-order valence-corrected chi connectivity index (χ0v) is 12.6. The van der Waals surface area contributed by atoms with Crippen molar-refractivity contribution in [3.63, 3.8) is 0 Å². The maximum atomic E-state index is 12.1. The number of nitrogens with zero attached hydrogens (tertiary/aromatic N) is 1. The molecule has 0 spiro atoms. The van der Waals surface area contributed by atoms with Gasteiger partial charge in [0.2, 0.25) is 0 Å². The normalized spacial score (nSPS) is 10.5. The third-order valence-corrected chi connectivity index (χ3v) is 3.43. The van der Waals surface area contributed by atoms with Gasteiger partial charge in [-0.05, 0) is 43.3 Å². The molecule has 110 valence electrons. The maximum absolute atomic E-state index is 12.1. The molecular weight excluding hydrogens is 300 g/mol. The molecule has 22 heavy (non-hydrogen) atoms. The third kappa shape index (κ3) is 3.18. The topological polar surface area (TPSA) is 55.1 Å². The molecule has 0 saturated carbocycles. The number of amides is 1. The van der Waals surface area contributed by atoms with Gasteiger partial charge in [0, 0.05) is 22.3 Å². The largest absolute Gasteiger partial charge is 0.355 e. The van der Waals surface area contributed by atoms with E-state index in [1.807, 2.05) is 43.3 Å². The second-order valence-corrected chi connectivity index (χ2v) is 5.34. The van der Waals surface area contributed by atoms with Gasteiger partial charge in [-0.3, -0.25) is 4.79 Å². The Balaban J connectivity index is 1.76. The molecule has 1 amide bonds. The van der Waals surface area contributed by atoms with E-state index < -0.39 is 0 Å². The molecule has 0 unspecified atom stereocenters. The minimum Gasteiger partial charge on any atom is -0.355 e. The Morgan fingerprint density at radius 2 is 1.77 bits per heavy atom. The number of aryl methyl sites for hydroxylation is 1. The van der Waals surface area contributed by atoms with Crippen LogP contribution in [-0.2, 0) is 0 Å². The molecule has 1 heterocycles. The summed E-state index contributed by atoms with van der Waals surface area (Å²) >= 11 is 5.85. The molecule has 1 aromatic heterocycles. The number of hydrogen-bond donors (Lipinski definition) is 1. The van der Waals surface area contributed by atoms with Gasteiger partial charge < -0.3 is 9.84 Å². The van der Waals surface area contributed by atoms with Gasteiger partial charge in [0.1, 0.15) is 0 Å². The molecule has 0 bridgehead atoms. The molecule has 0 atom stereocenters. The van der Waals surface area contributed by atoms with E-state index in [9.17, 15) is 4.79 Å². The van der Waals surface area contributed by atoms with E-state index in [2.05, 4.69) is 10.5 Å². The van der Waals surface area contributed by atoms with E-state index >= 15 is 0 Å². The van der Waals surface area contributed by atoms with Gasteiger partial charge in [0.25, 0.3) is 5.91 Å². The predicted molar refractivity (Wildman–Crippen MR) is 86.1 cm³/mol. The highest BCUT2D eigenvalue weighted by molar-refractivity contribution is 6.30. The molecule has 0 aliphatic rings. The van der Waals surface area contributed by atoms with E-state index in [-0.39, 0.29) is 11.6 Å². The molecule has 0 fully saturated rings. The van der Waals surface area contributed by atoms with Crippen LogP contribution in [0.5, 0.6) is 0 Å². The van der Waals surface area contributed by atoms with Crippen molar-refractivity contribution in [1.82, 2.24) is 5.16 Å². The fourth-order valence-corrected chi connectivity index (χ4v) is 2.09. The summed E-state index contributed by atoms with van der Waals surface area (Å²) in [6, 6.07) is 16.3. The molecule has 0 saturated heterocycles. The smallest absolute Gasteiger partial charge is 0.277 e. The van der Waals surface area contributed by atoms with E-state index in [4.69, 9.17) is 16.1 Å². The molecule has 5 heteroatoms. The Morgan fingerprint density at radius 3 is 2.45 bits per heavy atom. The number of anilines is 1. The van der Waals surface area contributed by atoms with Gasteiger partial charge in [-0.2, -0.15) is 0 Å². The highest BCUT2D eigenvalue weighted by atomic mass is 35.5. The van der Waals surface area contributed by atoms with E-state index in [1.165, 1.54) is 0 Å². The fourth-order valence-electron chi connectivity index (χ4n) is 1.96. The van der Waals surface area contributed by atoms with Crippen molar-refractivity contribution in [3.8, 4) is 11.3 Å². The zero-order valence-electron chi connectivity index (χ0n) is 11.8. The number of nitrogens with one attached hydrogen (secondary N) is 1. The van der Waals surface area contributed by atoms with Crippen molar-refractivity contribution < 1.29 is 9.32 Å². The lowest BCUT2D eigenvalue weighted by Gasteiger charge is -2.02. The van der Waals surface area contributed by atoms with E-state index in [0.717, 1.165) is 11.1 Å². The van der Waals surface area contributed by atoms with Gasteiger partial charge >= 0.3 is 0 Å². The summed E-state index contributed by atoms with van der Waals surface area (Å²) in [7, 11) is 0. The van der Waals surface area contributed by atoms with Crippen molar-refractivity contribution in [2.24, 2.45) is 0 Å². The average molecular weight is 313 g/mol. The first-order valence-electron chi connectivity index (χ1n) is 6.72. The summed E-state index contributed by atoms with van der Waals surface area (Å²) in [5.41, 5.74) is 2.88. The predicted octanol–water partition coefficient (Wildman–Crippen LogP) is 4.56. The third-order valence-electron chi connectivity index (χ3n) is 3.18. The lowest BCUT2D eigenvalue weighted by molar-refractivity contribution is 0.101. The van der Waals surface area contributed by atoms with Crippen LogP contribution >= 0.6 is 11.6 Å². The second-order valence-electron chi connectivity index (χ2n) is 4.90. The van der Waals surface area contributed by atoms with Gasteiger partial charge in [-0.25, -0.2) is 0 Å². The zero-order chi connectivity index (χ0) is 15.5. The number of halogens is 1. The Bertz CT molecular complexity index is 792. The van der Waals surface area contributed by atoms with E-state index in [1.54, 1.807) is 18.2 Å². The molecule has 0 aliphatic heterocycles. The molecule has 3 rings (SSSR count). The van der Waals surface area contributed by atoms with Crippen LogP contribution in [0.1, 0.15) is 16.1 Å². The number of rotatable bonds is 3. The summed E-state index contributed by atoms with van der Waals surface area (Å²) in [5, 5.41) is 7.22. The Morgan fingerprint density at radius 1 is 1.09 bits per heavy atom. The van der Waals surface area contributed by atoms with Crippen LogP contribution in [0, 0.1) is 6.92 Å². The van der Waals surface area contributed by atoms with Crippen LogP contribution < -0.4 is 5.32 Å². The first-order chi connectivity index (χ1) is 10.6. The van der Waals surface area contributed by atoms with Crippen molar-refractivity contribution in [1.29, 1.82) is 0 Å². The van der Waals surface area contributed by atoms with Crippen LogP contribution in [-0.4, -0.2) is 11.1 Å². The lowest BCUT2D eigenvalue weighted by atomic mass is 10.1. The lowest BCUT2D eigenvalue weighted by Crippen LogP contribution is -2.11. The summed E-state index contributed by atoms with van der Waals surface area (Å²) in [5.74, 6) is 0.207. The van der Waals surface area contributed by atoms with Gasteiger partial charge in [0.05, 0.1) is 0 Å². The minimum atomic E-state index is -0.312. The molecule has 0 radical (unpaired) electrons. The summed E-state index contributed by atoms with van der Waals surface area (Å²) in [4.78, 5) is 12.1. The molecule has 0 aliphatic carbocycles. The molecular formula is C17H13ClN2O2. The summed E-state index contributed by atoms with van der Waals surface area (Å²) in [6.45, 7) is 1.99. The van der Waals surface area contributed by atoms with Crippen molar-refractivity contribution in [2.75, 3.05) is 5.32 Å². The number of carbonyl (C=O) groups is 1. The Labute approximate surface area is 132 Å². The maximum Gasteiger partial charge on any atom is 0.277 e. The van der Waals surface area contributed by atoms with Gasteiger partial charge in [0.15, 0.2) is 11.5 Å². The molecule has 3 aromatic rings. The summed E-state index contributed by atoms with van der Waals surface area (Å²) in [6.07, 6.45) is 0. The number of benzene rings is 2. The Hall–Kier alpha value is -2.59. The van der Waals surface area contributed by atoms with Crippen LogP contribution in [0.2, 0.25) is 5.02 Å². The van der Waals surface area contributed by atoms with E-state index in [0.29, 0.717) is 16.5 Å². The fraction of sp³-hybridized carbons (Fsp3) is 0.0588.